The Morgan fingerprint density at radius 2 is 1.77 bits per heavy atom. The molecule has 1 N–H and O–H groups in total. The predicted octanol–water partition coefficient (Wildman–Crippen LogP) is 5.68. The van der Waals surface area contributed by atoms with Crippen LogP contribution in [-0.2, 0) is 11.4 Å². The van der Waals surface area contributed by atoms with Crippen LogP contribution < -0.4 is 14.9 Å². The normalized spacial score (nSPS) is 11.0. The van der Waals surface area contributed by atoms with Crippen LogP contribution in [0.2, 0.25) is 0 Å². The second kappa shape index (κ2) is 11.3. The van der Waals surface area contributed by atoms with E-state index in [0.29, 0.717) is 18.3 Å². The lowest BCUT2D eigenvalue weighted by Gasteiger charge is -2.08. The minimum Gasteiger partial charge on any atom is -0.489 e. The van der Waals surface area contributed by atoms with Crippen molar-refractivity contribution < 1.29 is 14.3 Å². The van der Waals surface area contributed by atoms with Gasteiger partial charge in [-0.2, -0.15) is 5.10 Å². The Hall–Kier alpha value is -3.12. The summed E-state index contributed by atoms with van der Waals surface area (Å²) in [4.78, 5) is 12.0. The maximum atomic E-state index is 12.0. The fourth-order valence-corrected chi connectivity index (χ4v) is 3.23. The first-order valence-corrected chi connectivity index (χ1v) is 10.8. The number of benzene rings is 3. The van der Waals surface area contributed by atoms with Gasteiger partial charge in [0, 0.05) is 4.47 Å². The van der Waals surface area contributed by atoms with Gasteiger partial charge in [0.05, 0.1) is 6.21 Å². The number of hydrogen-bond acceptors (Lipinski definition) is 4. The van der Waals surface area contributed by atoms with Crippen LogP contribution in [0.15, 0.2) is 82.4 Å². The van der Waals surface area contributed by atoms with Crippen molar-refractivity contribution in [2.45, 2.75) is 26.4 Å². The minimum atomic E-state index is -0.328. The molecule has 0 aliphatic rings. The molecule has 0 fully saturated rings. The average molecular weight is 481 g/mol. The maximum Gasteiger partial charge on any atom is 0.277 e. The molecule has 1 amide bonds. The molecule has 0 atom stereocenters. The first kappa shape index (κ1) is 22.6. The van der Waals surface area contributed by atoms with Crippen LogP contribution >= 0.6 is 15.9 Å². The van der Waals surface area contributed by atoms with Gasteiger partial charge in [0.1, 0.15) is 18.1 Å². The topological polar surface area (TPSA) is 59.9 Å². The SMILES string of the molecule is CC(C)c1ccc(OCC(=O)N/N=C/c2cccc(OCc3cccc(Br)c3)c2)cc1. The van der Waals surface area contributed by atoms with Crippen molar-refractivity contribution in [3.63, 3.8) is 0 Å². The van der Waals surface area contributed by atoms with E-state index in [-0.39, 0.29) is 12.5 Å². The first-order chi connectivity index (χ1) is 15.0. The van der Waals surface area contributed by atoms with Gasteiger partial charge in [0.25, 0.3) is 5.91 Å². The van der Waals surface area contributed by atoms with E-state index < -0.39 is 0 Å². The lowest BCUT2D eigenvalue weighted by molar-refractivity contribution is -0.123. The van der Waals surface area contributed by atoms with Crippen molar-refractivity contribution >= 4 is 28.1 Å². The number of nitrogens with one attached hydrogen (secondary N) is 1. The molecule has 0 aliphatic carbocycles. The van der Waals surface area contributed by atoms with E-state index in [1.807, 2.05) is 72.8 Å². The van der Waals surface area contributed by atoms with Crippen molar-refractivity contribution in [2.75, 3.05) is 6.61 Å². The number of carbonyl (C=O) groups excluding carboxylic acids is 1. The average Bonchev–Trinajstić information content (AvgIpc) is 2.77. The summed E-state index contributed by atoms with van der Waals surface area (Å²) in [6, 6.07) is 23.2. The van der Waals surface area contributed by atoms with Crippen LogP contribution in [0.4, 0.5) is 0 Å². The molecule has 0 saturated heterocycles. The highest BCUT2D eigenvalue weighted by molar-refractivity contribution is 9.10. The molecule has 0 heterocycles. The van der Waals surface area contributed by atoms with Gasteiger partial charge in [-0.15, -0.1) is 0 Å². The first-order valence-electron chi connectivity index (χ1n) is 10.0. The third-order valence-corrected chi connectivity index (χ3v) is 4.97. The maximum absolute atomic E-state index is 12.0. The second-order valence-electron chi connectivity index (χ2n) is 7.30. The van der Waals surface area contributed by atoms with Crippen LogP contribution in [0.1, 0.15) is 36.5 Å². The Morgan fingerprint density at radius 3 is 2.52 bits per heavy atom. The summed E-state index contributed by atoms with van der Waals surface area (Å²) in [5, 5.41) is 4.00. The van der Waals surface area contributed by atoms with E-state index in [0.717, 1.165) is 21.3 Å². The van der Waals surface area contributed by atoms with Crippen molar-refractivity contribution in [1.82, 2.24) is 5.43 Å². The number of rotatable bonds is 9. The van der Waals surface area contributed by atoms with Crippen molar-refractivity contribution in [3.05, 3.63) is 94.0 Å². The number of nitrogens with zero attached hydrogens (tertiary/aromatic N) is 1. The van der Waals surface area contributed by atoms with Gasteiger partial charge >= 0.3 is 0 Å². The largest absolute Gasteiger partial charge is 0.489 e. The highest BCUT2D eigenvalue weighted by Gasteiger charge is 2.03. The minimum absolute atomic E-state index is 0.103. The molecule has 3 aromatic rings. The number of amides is 1. The highest BCUT2D eigenvalue weighted by Crippen LogP contribution is 2.19. The number of hydrazone groups is 1. The van der Waals surface area contributed by atoms with Gasteiger partial charge in [-0.05, 0) is 59.0 Å². The van der Waals surface area contributed by atoms with Gasteiger partial charge in [-0.25, -0.2) is 5.43 Å². The number of halogens is 1. The molecule has 0 aliphatic heterocycles. The molecule has 0 unspecified atom stereocenters. The van der Waals surface area contributed by atoms with E-state index in [4.69, 9.17) is 9.47 Å². The summed E-state index contributed by atoms with van der Waals surface area (Å²) < 4.78 is 12.3. The lowest BCUT2D eigenvalue weighted by Crippen LogP contribution is -2.24. The highest BCUT2D eigenvalue weighted by atomic mass is 79.9. The van der Waals surface area contributed by atoms with Crippen molar-refractivity contribution in [3.8, 4) is 11.5 Å². The summed E-state index contributed by atoms with van der Waals surface area (Å²) in [6.07, 6.45) is 1.57. The Bertz CT molecular complexity index is 1030. The number of ether oxygens (including phenoxy) is 2. The second-order valence-corrected chi connectivity index (χ2v) is 8.21. The van der Waals surface area contributed by atoms with E-state index >= 15 is 0 Å². The molecule has 0 radical (unpaired) electrons. The van der Waals surface area contributed by atoms with Gasteiger partial charge in [0.15, 0.2) is 6.61 Å². The molecule has 0 spiro atoms. The van der Waals surface area contributed by atoms with E-state index in [9.17, 15) is 4.79 Å². The van der Waals surface area contributed by atoms with E-state index in [1.165, 1.54) is 5.56 Å². The van der Waals surface area contributed by atoms with E-state index in [2.05, 4.69) is 40.3 Å². The van der Waals surface area contributed by atoms with Crippen LogP contribution in [0, 0.1) is 0 Å². The summed E-state index contributed by atoms with van der Waals surface area (Å²) in [5.41, 5.74) is 5.59. The van der Waals surface area contributed by atoms with Crippen LogP contribution in [0.5, 0.6) is 11.5 Å². The Morgan fingerprint density at radius 1 is 1.00 bits per heavy atom. The molecule has 0 bridgehead atoms. The third kappa shape index (κ3) is 7.57. The van der Waals surface area contributed by atoms with Gasteiger partial charge in [-0.1, -0.05) is 66.2 Å². The molecular weight excluding hydrogens is 456 g/mol. The molecule has 160 valence electrons. The zero-order chi connectivity index (χ0) is 22.1. The quantitative estimate of drug-likeness (QED) is 0.316. The van der Waals surface area contributed by atoms with Crippen LogP contribution in [0.3, 0.4) is 0 Å². The van der Waals surface area contributed by atoms with Crippen LogP contribution in [-0.4, -0.2) is 18.7 Å². The Labute approximate surface area is 191 Å². The van der Waals surface area contributed by atoms with Gasteiger partial charge in [0.2, 0.25) is 0 Å². The van der Waals surface area contributed by atoms with Crippen molar-refractivity contribution in [1.29, 1.82) is 0 Å². The fourth-order valence-electron chi connectivity index (χ4n) is 2.79. The summed E-state index contributed by atoms with van der Waals surface area (Å²) >= 11 is 3.46. The van der Waals surface area contributed by atoms with Gasteiger partial charge in [-0.3, -0.25) is 4.79 Å². The summed E-state index contributed by atoms with van der Waals surface area (Å²) in [5.74, 6) is 1.50. The zero-order valence-electron chi connectivity index (χ0n) is 17.5. The Kier molecular flexibility index (Phi) is 8.24. The summed E-state index contributed by atoms with van der Waals surface area (Å²) in [7, 11) is 0. The number of carbonyl (C=O) groups is 1. The predicted molar refractivity (Wildman–Crippen MR) is 127 cm³/mol. The molecule has 31 heavy (non-hydrogen) atoms. The molecule has 0 aromatic heterocycles. The third-order valence-electron chi connectivity index (χ3n) is 4.47. The lowest BCUT2D eigenvalue weighted by atomic mass is 10.0. The molecule has 3 aromatic carbocycles. The number of hydrogen-bond donors (Lipinski definition) is 1. The zero-order valence-corrected chi connectivity index (χ0v) is 19.1. The molecular formula is C25H25BrN2O3. The summed E-state index contributed by atoms with van der Waals surface area (Å²) in [6.45, 7) is 4.62. The molecule has 3 rings (SSSR count). The van der Waals surface area contributed by atoms with Crippen molar-refractivity contribution in [2.24, 2.45) is 5.10 Å². The molecule has 6 heteroatoms. The molecule has 0 saturated carbocycles. The van der Waals surface area contributed by atoms with E-state index in [1.54, 1.807) is 6.21 Å². The van der Waals surface area contributed by atoms with Crippen LogP contribution in [0.25, 0.3) is 0 Å². The molecule has 5 nitrogen and oxygen atoms in total. The standard InChI is InChI=1S/C25H25BrN2O3/c1-18(2)21-9-11-23(12-10-21)31-17-25(29)28-27-15-19-5-4-8-24(14-19)30-16-20-6-3-7-22(26)13-20/h3-15,18H,16-17H2,1-2H3,(H,28,29)/b27-15+. The monoisotopic (exact) mass is 480 g/mol. The fraction of sp³-hybridized carbons (Fsp3) is 0.200. The van der Waals surface area contributed by atoms with Gasteiger partial charge < -0.3 is 9.47 Å². The Balaban J connectivity index is 1.45. The smallest absolute Gasteiger partial charge is 0.277 e.